The van der Waals surface area contributed by atoms with Crippen molar-refractivity contribution in [1.29, 1.82) is 0 Å². The number of rotatable bonds is 3. The third-order valence-corrected chi connectivity index (χ3v) is 2.41. The van der Waals surface area contributed by atoms with E-state index < -0.39 is 11.8 Å². The highest BCUT2D eigenvalue weighted by Gasteiger charge is 2.14. The first kappa shape index (κ1) is 16.2. The summed E-state index contributed by atoms with van der Waals surface area (Å²) in [6.45, 7) is 5.34. The van der Waals surface area contributed by atoms with Gasteiger partial charge in [0.25, 0.3) is 0 Å². The molecule has 5 nitrogen and oxygen atoms in total. The minimum absolute atomic E-state index is 0.0273. The van der Waals surface area contributed by atoms with Crippen LogP contribution >= 0.6 is 11.6 Å². The Labute approximate surface area is 121 Å². The Bertz CT molecular complexity index is 515. The van der Waals surface area contributed by atoms with E-state index in [0.29, 0.717) is 0 Å². The van der Waals surface area contributed by atoms with Gasteiger partial charge in [0.15, 0.2) is 0 Å². The van der Waals surface area contributed by atoms with Crippen molar-refractivity contribution in [3.63, 3.8) is 0 Å². The van der Waals surface area contributed by atoms with Crippen LogP contribution < -0.4 is 16.0 Å². The molecule has 1 aromatic rings. The summed E-state index contributed by atoms with van der Waals surface area (Å²) in [4.78, 5) is 23.0. The molecule has 0 aromatic heterocycles. The van der Waals surface area contributed by atoms with Gasteiger partial charge >= 0.3 is 6.03 Å². The summed E-state index contributed by atoms with van der Waals surface area (Å²) in [5.41, 5.74) is -0.116. The SMILES string of the molecule is CC(C)(C)NC(=O)CNC(=O)Nc1ccc(Cl)c(F)c1. The van der Waals surface area contributed by atoms with Gasteiger partial charge in [0.1, 0.15) is 5.82 Å². The summed E-state index contributed by atoms with van der Waals surface area (Å²) < 4.78 is 13.2. The number of urea groups is 1. The predicted molar refractivity (Wildman–Crippen MR) is 76.3 cm³/mol. The van der Waals surface area contributed by atoms with E-state index in [9.17, 15) is 14.0 Å². The molecular formula is C13H17ClFN3O2. The summed E-state index contributed by atoms with van der Waals surface area (Å²) in [5.74, 6) is -0.940. The molecule has 0 saturated heterocycles. The standard InChI is InChI=1S/C13H17ClFN3O2/c1-13(2,3)18-11(19)7-16-12(20)17-8-4-5-9(14)10(15)6-8/h4-6H,7H2,1-3H3,(H,18,19)(H2,16,17,20). The zero-order valence-corrected chi connectivity index (χ0v) is 12.3. The van der Waals surface area contributed by atoms with Crippen LogP contribution in [0.25, 0.3) is 0 Å². The molecular weight excluding hydrogens is 285 g/mol. The minimum Gasteiger partial charge on any atom is -0.350 e. The van der Waals surface area contributed by atoms with Crippen LogP contribution in [0.1, 0.15) is 20.8 Å². The Kier molecular flexibility index (Phi) is 5.33. The van der Waals surface area contributed by atoms with Crippen molar-refractivity contribution < 1.29 is 14.0 Å². The van der Waals surface area contributed by atoms with Crippen LogP contribution in [-0.4, -0.2) is 24.0 Å². The van der Waals surface area contributed by atoms with Crippen LogP contribution in [0, 0.1) is 5.82 Å². The van der Waals surface area contributed by atoms with Gasteiger partial charge in [-0.05, 0) is 39.0 Å². The summed E-state index contributed by atoms with van der Waals surface area (Å²) in [6, 6.07) is 3.28. The number of hydrogen-bond donors (Lipinski definition) is 3. The number of amides is 3. The van der Waals surface area contributed by atoms with Crippen LogP contribution in [0.5, 0.6) is 0 Å². The predicted octanol–water partition coefficient (Wildman–Crippen LogP) is 2.52. The maximum atomic E-state index is 13.2. The lowest BCUT2D eigenvalue weighted by molar-refractivity contribution is -0.121. The molecule has 0 aliphatic heterocycles. The molecule has 7 heteroatoms. The lowest BCUT2D eigenvalue weighted by Gasteiger charge is -2.20. The third-order valence-electron chi connectivity index (χ3n) is 2.10. The average molecular weight is 302 g/mol. The van der Waals surface area contributed by atoms with Crippen molar-refractivity contribution in [2.24, 2.45) is 0 Å². The summed E-state index contributed by atoms with van der Waals surface area (Å²) in [6.07, 6.45) is 0. The van der Waals surface area contributed by atoms with Crippen molar-refractivity contribution in [3.8, 4) is 0 Å². The fourth-order valence-electron chi connectivity index (χ4n) is 1.37. The molecule has 0 heterocycles. The number of carbonyl (C=O) groups excluding carboxylic acids is 2. The molecule has 0 atom stereocenters. The largest absolute Gasteiger partial charge is 0.350 e. The molecule has 0 spiro atoms. The molecule has 3 amide bonds. The molecule has 1 aromatic carbocycles. The molecule has 1 rings (SSSR count). The van der Waals surface area contributed by atoms with E-state index in [1.165, 1.54) is 12.1 Å². The first-order chi connectivity index (χ1) is 9.17. The average Bonchev–Trinajstić information content (AvgIpc) is 2.29. The second-order valence-corrected chi connectivity index (χ2v) is 5.64. The van der Waals surface area contributed by atoms with Crippen molar-refractivity contribution in [2.75, 3.05) is 11.9 Å². The highest BCUT2D eigenvalue weighted by Crippen LogP contribution is 2.18. The van der Waals surface area contributed by atoms with E-state index in [1.807, 2.05) is 20.8 Å². The highest BCUT2D eigenvalue weighted by atomic mass is 35.5. The van der Waals surface area contributed by atoms with Crippen LogP contribution in [0.4, 0.5) is 14.9 Å². The van der Waals surface area contributed by atoms with Gasteiger partial charge in [-0.2, -0.15) is 0 Å². The first-order valence-corrected chi connectivity index (χ1v) is 6.36. The number of benzene rings is 1. The normalized spacial score (nSPS) is 10.8. The molecule has 3 N–H and O–H groups in total. The van der Waals surface area contributed by atoms with Gasteiger partial charge in [-0.1, -0.05) is 11.6 Å². The van der Waals surface area contributed by atoms with Gasteiger partial charge in [-0.25, -0.2) is 9.18 Å². The zero-order chi connectivity index (χ0) is 15.3. The maximum Gasteiger partial charge on any atom is 0.319 e. The van der Waals surface area contributed by atoms with Crippen LogP contribution in [0.15, 0.2) is 18.2 Å². The summed E-state index contributed by atoms with van der Waals surface area (Å²) in [5, 5.41) is 7.44. The quantitative estimate of drug-likeness (QED) is 0.803. The molecule has 0 aliphatic carbocycles. The topological polar surface area (TPSA) is 70.2 Å². The van der Waals surface area contributed by atoms with Crippen molar-refractivity contribution in [1.82, 2.24) is 10.6 Å². The van der Waals surface area contributed by atoms with Crippen molar-refractivity contribution >= 4 is 29.2 Å². The molecule has 0 aliphatic rings. The summed E-state index contributed by atoms with van der Waals surface area (Å²) in [7, 11) is 0. The molecule has 0 unspecified atom stereocenters. The Morgan fingerprint density at radius 2 is 1.95 bits per heavy atom. The number of anilines is 1. The van der Waals surface area contributed by atoms with E-state index in [1.54, 1.807) is 0 Å². The monoisotopic (exact) mass is 301 g/mol. The fourth-order valence-corrected chi connectivity index (χ4v) is 1.49. The Morgan fingerprint density at radius 1 is 1.30 bits per heavy atom. The van der Waals surface area contributed by atoms with E-state index in [-0.39, 0.29) is 28.7 Å². The number of carbonyl (C=O) groups is 2. The van der Waals surface area contributed by atoms with Gasteiger partial charge < -0.3 is 16.0 Å². The molecule has 110 valence electrons. The van der Waals surface area contributed by atoms with E-state index in [2.05, 4.69) is 16.0 Å². The minimum atomic E-state index is -0.630. The Hall–Kier alpha value is -1.82. The number of nitrogens with one attached hydrogen (secondary N) is 3. The van der Waals surface area contributed by atoms with Crippen molar-refractivity contribution in [2.45, 2.75) is 26.3 Å². The Balaban J connectivity index is 2.44. The molecule has 0 bridgehead atoms. The van der Waals surface area contributed by atoms with Crippen LogP contribution in [0.2, 0.25) is 5.02 Å². The fraction of sp³-hybridized carbons (Fsp3) is 0.385. The lowest BCUT2D eigenvalue weighted by Crippen LogP contribution is -2.46. The third kappa shape index (κ3) is 5.88. The van der Waals surface area contributed by atoms with Gasteiger partial charge in [0, 0.05) is 11.2 Å². The summed E-state index contributed by atoms with van der Waals surface area (Å²) >= 11 is 5.53. The van der Waals surface area contributed by atoms with Crippen molar-refractivity contribution in [3.05, 3.63) is 29.0 Å². The van der Waals surface area contributed by atoms with Crippen LogP contribution in [0.3, 0.4) is 0 Å². The first-order valence-electron chi connectivity index (χ1n) is 5.98. The molecule has 0 saturated carbocycles. The second kappa shape index (κ2) is 6.56. The second-order valence-electron chi connectivity index (χ2n) is 5.23. The smallest absolute Gasteiger partial charge is 0.319 e. The maximum absolute atomic E-state index is 13.2. The van der Waals surface area contributed by atoms with Gasteiger partial charge in [-0.15, -0.1) is 0 Å². The number of halogens is 2. The van der Waals surface area contributed by atoms with Gasteiger partial charge in [0.05, 0.1) is 11.6 Å². The lowest BCUT2D eigenvalue weighted by atomic mass is 10.1. The van der Waals surface area contributed by atoms with E-state index in [4.69, 9.17) is 11.6 Å². The van der Waals surface area contributed by atoms with E-state index in [0.717, 1.165) is 6.07 Å². The molecule has 0 fully saturated rings. The highest BCUT2D eigenvalue weighted by molar-refractivity contribution is 6.30. The number of hydrogen-bond acceptors (Lipinski definition) is 2. The molecule has 20 heavy (non-hydrogen) atoms. The Morgan fingerprint density at radius 3 is 2.50 bits per heavy atom. The van der Waals surface area contributed by atoms with Gasteiger partial charge in [-0.3, -0.25) is 4.79 Å². The van der Waals surface area contributed by atoms with Crippen LogP contribution in [-0.2, 0) is 4.79 Å². The van der Waals surface area contributed by atoms with E-state index >= 15 is 0 Å². The van der Waals surface area contributed by atoms with Gasteiger partial charge in [0.2, 0.25) is 5.91 Å². The molecule has 0 radical (unpaired) electrons. The zero-order valence-electron chi connectivity index (χ0n) is 11.5.